The Morgan fingerprint density at radius 1 is 0.150 bits per heavy atom. The molecule has 24 rings (SSSR count). The van der Waals surface area contributed by atoms with Crippen LogP contribution >= 0.6 is 0 Å². The SMILES string of the molecule is CC1(C)c2ccc(-c3c4ccccc4c(-c4ccc5c(c4)-c4cc6ccccc6cc4C5(C)C)c4cc(-c5ccccc5)ccc34)cc2-c2cc3ccccc3cc21.CC1(C)c2cccc(-c3c4ccccc4c(-c4cc5ccc6ccccc6c5c5ccccc45)c4ccccc34)c2-c2c1c1ccccc1c1ccccc21. The van der Waals surface area contributed by atoms with Crippen LogP contribution in [0.2, 0.25) is 0 Å². The van der Waals surface area contributed by atoms with Gasteiger partial charge >= 0.3 is 0 Å². The Bertz CT molecular complexity index is 7690. The summed E-state index contributed by atoms with van der Waals surface area (Å²) in [6.45, 7) is 14.4. The van der Waals surface area contributed by atoms with Gasteiger partial charge in [-0.05, 0) is 289 Å². The largest absolute Gasteiger partial charge is 0.0622 e. The normalized spacial score (nSPS) is 14.0. The van der Waals surface area contributed by atoms with Gasteiger partial charge in [0.1, 0.15) is 0 Å². The van der Waals surface area contributed by atoms with Gasteiger partial charge in [0.05, 0.1) is 0 Å². The highest BCUT2D eigenvalue weighted by Gasteiger charge is 2.42. The van der Waals surface area contributed by atoms with E-state index in [-0.39, 0.29) is 16.2 Å². The van der Waals surface area contributed by atoms with E-state index < -0.39 is 0 Å². The molecule has 0 amide bonds. The van der Waals surface area contributed by atoms with Gasteiger partial charge in [0.25, 0.3) is 0 Å². The lowest BCUT2D eigenvalue weighted by atomic mass is 9.79. The van der Waals surface area contributed by atoms with Crippen molar-refractivity contribution in [3.8, 4) is 89.0 Å². The van der Waals surface area contributed by atoms with E-state index in [1.165, 1.54) is 241 Å². The smallest absolute Gasteiger partial charge is 0.0165 e. The summed E-state index contributed by atoms with van der Waals surface area (Å²) < 4.78 is 0. The second-order valence-corrected chi connectivity index (χ2v) is 33.6. The first kappa shape index (κ1) is 65.4. The molecule has 0 aliphatic heterocycles. The quantitative estimate of drug-likeness (QED) is 0.119. The van der Waals surface area contributed by atoms with Gasteiger partial charge < -0.3 is 0 Å². The molecule has 0 aromatic heterocycles. The van der Waals surface area contributed by atoms with Gasteiger partial charge in [-0.25, -0.2) is 0 Å². The number of hydrogen-bond acceptors (Lipinski definition) is 0. The van der Waals surface area contributed by atoms with E-state index in [0.29, 0.717) is 0 Å². The molecule has 0 saturated heterocycles. The number of fused-ring (bicyclic) bond motifs is 25. The van der Waals surface area contributed by atoms with Crippen molar-refractivity contribution >= 4 is 118 Å². The Kier molecular flexibility index (Phi) is 14.0. The summed E-state index contributed by atoms with van der Waals surface area (Å²) in [4.78, 5) is 0. The molecule has 0 heteroatoms. The molecule has 0 radical (unpaired) electrons. The minimum absolute atomic E-state index is 0.0845. The molecule has 3 aliphatic rings. The highest BCUT2D eigenvalue weighted by Crippen LogP contribution is 2.61. The van der Waals surface area contributed by atoms with Crippen molar-refractivity contribution in [3.63, 3.8) is 0 Å². The molecular weight excluding hydrogens is 1360 g/mol. The summed E-state index contributed by atoms with van der Waals surface area (Å²) in [6, 6.07) is 137. The van der Waals surface area contributed by atoms with Crippen LogP contribution in [0.1, 0.15) is 74.9 Å². The standard InChI is InChI=1S/C58H42.C55H36/c1-57(2)51-26-23-41(31-46(51)48-28-36-16-8-10-18-38(36)33-53(48)57)55-43-20-12-13-21-44(43)56(50-30-40(22-25-45(50)55)35-14-6-5-7-15-35)42-24-27-52-47(32-42)49-29-37-17-9-11-19-39(37)34-54(49)58(52,3)4;1-55(2)48-29-15-28-46(52(48)53-40-22-9-5-18-36(40)37-19-7-14-27-45(37)54(53)55)50-41-23-10-12-25-43(41)51(44-26-13-11-24-42(44)50)47-32-34-31-30-33-16-3-4-17-35(33)49(34)39-21-8-6-20-38(39)47/h5-34H,1-4H3;3-32H,1-2H3. The molecule has 0 nitrogen and oxygen atoms in total. The van der Waals surface area contributed by atoms with Crippen LogP contribution in [0, 0.1) is 0 Å². The molecule has 113 heavy (non-hydrogen) atoms. The second kappa shape index (κ2) is 24.2. The fourth-order valence-corrected chi connectivity index (χ4v) is 21.3. The summed E-state index contributed by atoms with van der Waals surface area (Å²) in [7, 11) is 0. The molecular formula is C113H78. The minimum atomic E-state index is -0.177. The van der Waals surface area contributed by atoms with Gasteiger partial charge in [0, 0.05) is 16.2 Å². The minimum Gasteiger partial charge on any atom is -0.0622 e. The lowest BCUT2D eigenvalue weighted by Gasteiger charge is -2.24. The molecule has 530 valence electrons. The third-order valence-corrected chi connectivity index (χ3v) is 26.6. The summed E-state index contributed by atoms with van der Waals surface area (Å²) in [5.41, 5.74) is 29.0. The van der Waals surface area contributed by atoms with Crippen molar-refractivity contribution in [1.29, 1.82) is 0 Å². The van der Waals surface area contributed by atoms with Crippen molar-refractivity contribution < 1.29 is 0 Å². The fourth-order valence-electron chi connectivity index (χ4n) is 21.3. The average molecular weight is 1440 g/mol. The molecule has 0 N–H and O–H groups in total. The van der Waals surface area contributed by atoms with Crippen LogP contribution in [0.15, 0.2) is 364 Å². The molecule has 0 fully saturated rings. The first-order valence-corrected chi connectivity index (χ1v) is 40.1. The van der Waals surface area contributed by atoms with Gasteiger partial charge in [-0.3, -0.25) is 0 Å². The Balaban J connectivity index is 0.000000135. The third kappa shape index (κ3) is 9.45. The zero-order valence-electron chi connectivity index (χ0n) is 64.1. The van der Waals surface area contributed by atoms with Crippen molar-refractivity contribution in [1.82, 2.24) is 0 Å². The van der Waals surface area contributed by atoms with Crippen LogP contribution in [-0.4, -0.2) is 0 Å². The maximum atomic E-state index is 2.49. The molecule has 0 bridgehead atoms. The average Bonchev–Trinajstić information content (AvgIpc) is 1.62. The van der Waals surface area contributed by atoms with Crippen LogP contribution < -0.4 is 0 Å². The number of hydrogen-bond donors (Lipinski definition) is 0. The summed E-state index contributed by atoms with van der Waals surface area (Å²) in [5.74, 6) is 0. The molecule has 0 atom stereocenters. The molecule has 3 aliphatic carbocycles. The van der Waals surface area contributed by atoms with E-state index in [4.69, 9.17) is 0 Å². The zero-order chi connectivity index (χ0) is 75.3. The maximum absolute atomic E-state index is 2.49. The molecule has 0 spiro atoms. The lowest BCUT2D eigenvalue weighted by Crippen LogP contribution is -2.15. The molecule has 21 aromatic rings. The highest BCUT2D eigenvalue weighted by molar-refractivity contribution is 6.31. The number of benzene rings is 21. The topological polar surface area (TPSA) is 0 Å². The van der Waals surface area contributed by atoms with Crippen LogP contribution in [0.25, 0.3) is 208 Å². The Morgan fingerprint density at radius 2 is 0.531 bits per heavy atom. The van der Waals surface area contributed by atoms with E-state index in [9.17, 15) is 0 Å². The van der Waals surface area contributed by atoms with Crippen molar-refractivity contribution in [3.05, 3.63) is 397 Å². The number of rotatable bonds is 5. The van der Waals surface area contributed by atoms with Gasteiger partial charge in [-0.1, -0.05) is 357 Å². The van der Waals surface area contributed by atoms with E-state index in [1.54, 1.807) is 0 Å². The van der Waals surface area contributed by atoms with Crippen LogP contribution in [0.4, 0.5) is 0 Å². The van der Waals surface area contributed by atoms with E-state index in [1.807, 2.05) is 0 Å². The third-order valence-electron chi connectivity index (χ3n) is 26.6. The van der Waals surface area contributed by atoms with Gasteiger partial charge in [0.15, 0.2) is 0 Å². The van der Waals surface area contributed by atoms with Gasteiger partial charge in [0.2, 0.25) is 0 Å². The first-order valence-electron chi connectivity index (χ1n) is 40.1. The van der Waals surface area contributed by atoms with Crippen LogP contribution in [-0.2, 0) is 16.2 Å². The molecule has 0 unspecified atom stereocenters. The Labute approximate surface area is 658 Å². The maximum Gasteiger partial charge on any atom is 0.0165 e. The molecule has 21 aromatic carbocycles. The van der Waals surface area contributed by atoms with Gasteiger partial charge in [-0.15, -0.1) is 0 Å². The monoisotopic (exact) mass is 1430 g/mol. The van der Waals surface area contributed by atoms with E-state index >= 15 is 0 Å². The Morgan fingerprint density at radius 3 is 1.08 bits per heavy atom. The molecule has 0 saturated carbocycles. The second-order valence-electron chi connectivity index (χ2n) is 33.6. The predicted octanol–water partition coefficient (Wildman–Crippen LogP) is 31.3. The van der Waals surface area contributed by atoms with Crippen molar-refractivity contribution in [2.75, 3.05) is 0 Å². The predicted molar refractivity (Wildman–Crippen MR) is 485 cm³/mol. The summed E-state index contributed by atoms with van der Waals surface area (Å²) >= 11 is 0. The van der Waals surface area contributed by atoms with Crippen LogP contribution in [0.5, 0.6) is 0 Å². The van der Waals surface area contributed by atoms with E-state index in [2.05, 4.69) is 406 Å². The van der Waals surface area contributed by atoms with Crippen LogP contribution in [0.3, 0.4) is 0 Å². The first-order chi connectivity index (χ1) is 55.3. The lowest BCUT2D eigenvalue weighted by molar-refractivity contribution is 0.661. The van der Waals surface area contributed by atoms with Gasteiger partial charge in [-0.2, -0.15) is 0 Å². The summed E-state index contributed by atoms with van der Waals surface area (Å²) in [5, 5.41) is 28.5. The van der Waals surface area contributed by atoms with E-state index in [0.717, 1.165) is 0 Å². The summed E-state index contributed by atoms with van der Waals surface area (Å²) in [6.07, 6.45) is 0. The van der Waals surface area contributed by atoms with Crippen molar-refractivity contribution in [2.45, 2.75) is 57.8 Å². The van der Waals surface area contributed by atoms with Crippen molar-refractivity contribution in [2.24, 2.45) is 0 Å². The fraction of sp³-hybridized carbons (Fsp3) is 0.0796. The Hall–Kier alpha value is -13.5. The highest BCUT2D eigenvalue weighted by atomic mass is 14.4. The zero-order valence-corrected chi connectivity index (χ0v) is 64.1. The molecule has 0 heterocycles.